The van der Waals surface area contributed by atoms with Crippen LogP contribution in [0.3, 0.4) is 0 Å². The number of aldehydes is 1. The zero-order chi connectivity index (χ0) is 17.4. The van der Waals surface area contributed by atoms with E-state index in [1.165, 1.54) is 16.7 Å². The van der Waals surface area contributed by atoms with E-state index in [0.717, 1.165) is 36.3 Å². The molecule has 0 saturated carbocycles. The molecule has 2 aliphatic rings. The van der Waals surface area contributed by atoms with Crippen molar-refractivity contribution in [3.05, 3.63) is 58.7 Å². The van der Waals surface area contributed by atoms with E-state index in [-0.39, 0.29) is 6.04 Å². The fourth-order valence-electron chi connectivity index (χ4n) is 4.03. The average Bonchev–Trinajstić information content (AvgIpc) is 3.23. The van der Waals surface area contributed by atoms with E-state index in [4.69, 9.17) is 9.47 Å². The molecule has 2 heterocycles. The van der Waals surface area contributed by atoms with Gasteiger partial charge < -0.3 is 14.3 Å². The van der Waals surface area contributed by atoms with Gasteiger partial charge in [0.15, 0.2) is 11.5 Å². The molecule has 4 rings (SSSR count). The number of benzene rings is 2. The smallest absolute Gasteiger partial charge is 0.231 e. The van der Waals surface area contributed by atoms with Crippen LogP contribution in [0.5, 0.6) is 11.5 Å². The van der Waals surface area contributed by atoms with Crippen LogP contribution in [0.25, 0.3) is 0 Å². The minimum atomic E-state index is 0.279. The summed E-state index contributed by atoms with van der Waals surface area (Å²) < 4.78 is 11.1. The number of carbonyl (C=O) groups excluding carboxylic acids is 1. The largest absolute Gasteiger partial charge is 0.454 e. The number of carbonyl (C=O) groups is 1. The van der Waals surface area contributed by atoms with Crippen molar-refractivity contribution in [3.63, 3.8) is 0 Å². The number of ether oxygens (including phenoxy) is 2. The second-order valence-corrected chi connectivity index (χ2v) is 7.05. The molecule has 4 heteroatoms. The van der Waals surface area contributed by atoms with Crippen LogP contribution in [0.4, 0.5) is 0 Å². The molecule has 0 aromatic heterocycles. The van der Waals surface area contributed by atoms with Crippen molar-refractivity contribution in [2.24, 2.45) is 0 Å². The molecule has 0 radical (unpaired) electrons. The first kappa shape index (κ1) is 16.2. The molecule has 25 heavy (non-hydrogen) atoms. The van der Waals surface area contributed by atoms with Gasteiger partial charge >= 0.3 is 0 Å². The first-order valence-corrected chi connectivity index (χ1v) is 8.80. The van der Waals surface area contributed by atoms with Crippen molar-refractivity contribution in [2.45, 2.75) is 32.2 Å². The molecular weight excluding hydrogens is 314 g/mol. The van der Waals surface area contributed by atoms with Crippen molar-refractivity contribution in [1.29, 1.82) is 0 Å². The van der Waals surface area contributed by atoms with Crippen LogP contribution < -0.4 is 9.47 Å². The molecular formula is C21H23NO3. The number of hydrogen-bond acceptors (Lipinski definition) is 4. The van der Waals surface area contributed by atoms with E-state index in [1.54, 1.807) is 0 Å². The van der Waals surface area contributed by atoms with Gasteiger partial charge in [0.2, 0.25) is 6.79 Å². The highest BCUT2D eigenvalue weighted by atomic mass is 16.7. The number of rotatable bonds is 4. The molecule has 4 nitrogen and oxygen atoms in total. The van der Waals surface area contributed by atoms with Gasteiger partial charge in [-0.15, -0.1) is 0 Å². The lowest BCUT2D eigenvalue weighted by molar-refractivity contribution is -0.109. The van der Waals surface area contributed by atoms with Crippen LogP contribution in [0.2, 0.25) is 0 Å². The van der Waals surface area contributed by atoms with Gasteiger partial charge in [-0.05, 0) is 48.9 Å². The van der Waals surface area contributed by atoms with Gasteiger partial charge in [-0.3, -0.25) is 4.90 Å². The Morgan fingerprint density at radius 1 is 1.12 bits per heavy atom. The molecule has 2 aromatic carbocycles. The first-order valence-electron chi connectivity index (χ1n) is 8.80. The van der Waals surface area contributed by atoms with Crippen LogP contribution >= 0.6 is 0 Å². The Labute approximate surface area is 148 Å². The lowest BCUT2D eigenvalue weighted by atomic mass is 9.92. The maximum atomic E-state index is 11.2. The molecule has 130 valence electrons. The SMILES string of the molecule is Cc1ccc([C@H]2C[C@@H](c3cc(C)c4c(c3)OCO4)CN2CC=O)cc1. The predicted molar refractivity (Wildman–Crippen MR) is 96.2 cm³/mol. The van der Waals surface area contributed by atoms with Gasteiger partial charge in [-0.2, -0.15) is 0 Å². The second-order valence-electron chi connectivity index (χ2n) is 7.05. The van der Waals surface area contributed by atoms with Gasteiger partial charge in [0.1, 0.15) is 6.29 Å². The molecule has 1 fully saturated rings. The van der Waals surface area contributed by atoms with Gasteiger partial charge in [-0.1, -0.05) is 35.9 Å². The molecule has 1 saturated heterocycles. The molecule has 0 aliphatic carbocycles. The number of nitrogens with zero attached hydrogens (tertiary/aromatic N) is 1. The fourth-order valence-corrected chi connectivity index (χ4v) is 4.03. The van der Waals surface area contributed by atoms with Crippen LogP contribution in [0.1, 0.15) is 40.6 Å². The van der Waals surface area contributed by atoms with Crippen molar-refractivity contribution < 1.29 is 14.3 Å². The van der Waals surface area contributed by atoms with Crippen molar-refractivity contribution >= 4 is 6.29 Å². The Morgan fingerprint density at radius 3 is 2.68 bits per heavy atom. The summed E-state index contributed by atoms with van der Waals surface area (Å²) in [5.41, 5.74) is 4.93. The summed E-state index contributed by atoms with van der Waals surface area (Å²) in [5.74, 6) is 2.09. The third-order valence-electron chi connectivity index (χ3n) is 5.33. The lowest BCUT2D eigenvalue weighted by Crippen LogP contribution is -2.25. The third kappa shape index (κ3) is 3.02. The third-order valence-corrected chi connectivity index (χ3v) is 5.33. The summed E-state index contributed by atoms with van der Waals surface area (Å²) in [4.78, 5) is 13.4. The van der Waals surface area contributed by atoms with Gasteiger partial charge in [0.25, 0.3) is 0 Å². The van der Waals surface area contributed by atoms with Gasteiger partial charge in [0.05, 0.1) is 6.54 Å². The maximum Gasteiger partial charge on any atom is 0.231 e. The number of likely N-dealkylation sites (tertiary alicyclic amines) is 1. The number of hydrogen-bond donors (Lipinski definition) is 0. The summed E-state index contributed by atoms with van der Waals surface area (Å²) in [6.45, 7) is 5.81. The normalized spacial score (nSPS) is 22.3. The van der Waals surface area contributed by atoms with E-state index < -0.39 is 0 Å². The molecule has 2 aliphatic heterocycles. The zero-order valence-corrected chi connectivity index (χ0v) is 14.7. The lowest BCUT2D eigenvalue weighted by Gasteiger charge is -2.22. The molecule has 0 amide bonds. The molecule has 0 spiro atoms. The molecule has 0 unspecified atom stereocenters. The van der Waals surface area contributed by atoms with Crippen LogP contribution in [-0.2, 0) is 4.79 Å². The molecule has 2 aromatic rings. The Kier molecular flexibility index (Phi) is 4.22. The number of aryl methyl sites for hydroxylation is 2. The first-order chi connectivity index (χ1) is 12.2. The Morgan fingerprint density at radius 2 is 1.92 bits per heavy atom. The average molecular weight is 337 g/mol. The Hall–Kier alpha value is -2.33. The summed E-state index contributed by atoms with van der Waals surface area (Å²) in [6.07, 6.45) is 2.02. The highest BCUT2D eigenvalue weighted by Crippen LogP contribution is 2.44. The fraction of sp³-hybridized carbons (Fsp3) is 0.381. The summed E-state index contributed by atoms with van der Waals surface area (Å²) in [7, 11) is 0. The zero-order valence-electron chi connectivity index (χ0n) is 14.7. The monoisotopic (exact) mass is 337 g/mol. The minimum Gasteiger partial charge on any atom is -0.454 e. The topological polar surface area (TPSA) is 38.8 Å². The maximum absolute atomic E-state index is 11.2. The molecule has 0 bridgehead atoms. The molecule has 0 N–H and O–H groups in total. The van der Waals surface area contributed by atoms with Crippen molar-refractivity contribution in [2.75, 3.05) is 19.9 Å². The predicted octanol–water partition coefficient (Wildman–Crippen LogP) is 3.76. The van der Waals surface area contributed by atoms with Gasteiger partial charge in [0, 0.05) is 12.6 Å². The summed E-state index contributed by atoms with van der Waals surface area (Å²) in [5, 5.41) is 0. The van der Waals surface area contributed by atoms with E-state index in [1.807, 2.05) is 0 Å². The molecule has 2 atom stereocenters. The highest BCUT2D eigenvalue weighted by Gasteiger charge is 2.34. The minimum absolute atomic E-state index is 0.279. The highest BCUT2D eigenvalue weighted by molar-refractivity contribution is 5.53. The van der Waals surface area contributed by atoms with Crippen LogP contribution in [0, 0.1) is 13.8 Å². The Balaban J connectivity index is 1.63. The van der Waals surface area contributed by atoms with Gasteiger partial charge in [-0.25, -0.2) is 0 Å². The van der Waals surface area contributed by atoms with E-state index in [9.17, 15) is 4.79 Å². The van der Waals surface area contributed by atoms with Crippen LogP contribution in [0.15, 0.2) is 36.4 Å². The quantitative estimate of drug-likeness (QED) is 0.796. The van der Waals surface area contributed by atoms with E-state index in [0.29, 0.717) is 19.3 Å². The van der Waals surface area contributed by atoms with E-state index in [2.05, 4.69) is 55.1 Å². The summed E-state index contributed by atoms with van der Waals surface area (Å²) in [6, 6.07) is 13.3. The standard InChI is InChI=1S/C21H23NO3/c1-14-3-5-16(6-4-14)19-10-18(12-22(19)7-8-23)17-9-15(2)21-20(11-17)24-13-25-21/h3-6,8-9,11,18-19H,7,10,12-13H2,1-2H3/t18-,19-/m1/s1. The Bertz CT molecular complexity index is 784. The second kappa shape index (κ2) is 6.52. The summed E-state index contributed by atoms with van der Waals surface area (Å²) >= 11 is 0. The van der Waals surface area contributed by atoms with E-state index >= 15 is 0 Å². The number of fused-ring (bicyclic) bond motifs is 1. The van der Waals surface area contributed by atoms with Crippen molar-refractivity contribution in [3.8, 4) is 11.5 Å². The van der Waals surface area contributed by atoms with Crippen LogP contribution in [-0.4, -0.2) is 31.1 Å². The van der Waals surface area contributed by atoms with Crippen molar-refractivity contribution in [1.82, 2.24) is 4.90 Å².